The number of hydrogen-bond donors (Lipinski definition) is 1. The molecule has 0 aromatic carbocycles. The molecule has 0 amide bonds. The van der Waals surface area contributed by atoms with Crippen LogP contribution in [0, 0.1) is 17.8 Å². The van der Waals surface area contributed by atoms with Gasteiger partial charge in [0.05, 0.1) is 0 Å². The Bertz CT molecular complexity index is 291. The van der Waals surface area contributed by atoms with Crippen molar-refractivity contribution in [1.29, 1.82) is 0 Å². The van der Waals surface area contributed by atoms with Crippen LogP contribution in [0.25, 0.3) is 0 Å². The van der Waals surface area contributed by atoms with E-state index in [0.29, 0.717) is 0 Å². The van der Waals surface area contributed by atoms with Crippen LogP contribution in [0.3, 0.4) is 0 Å². The van der Waals surface area contributed by atoms with Crippen LogP contribution in [0.5, 0.6) is 0 Å². The molecule has 2 aliphatic rings. The zero-order chi connectivity index (χ0) is 14.7. The van der Waals surface area contributed by atoms with Gasteiger partial charge in [-0.3, -0.25) is 4.90 Å². The average Bonchev–Trinajstić information content (AvgIpc) is 2.44. The van der Waals surface area contributed by atoms with E-state index < -0.39 is 0 Å². The minimum atomic E-state index is 0.737. The molecule has 2 nitrogen and oxygen atoms in total. The topological polar surface area (TPSA) is 15.3 Å². The highest BCUT2D eigenvalue weighted by molar-refractivity contribution is 4.93. The first kappa shape index (κ1) is 16.3. The summed E-state index contributed by atoms with van der Waals surface area (Å²) in [4.78, 5) is 2.84. The van der Waals surface area contributed by atoms with Gasteiger partial charge in [-0.05, 0) is 63.3 Å². The summed E-state index contributed by atoms with van der Waals surface area (Å²) < 4.78 is 0. The van der Waals surface area contributed by atoms with Crippen molar-refractivity contribution >= 4 is 0 Å². The van der Waals surface area contributed by atoms with E-state index >= 15 is 0 Å². The lowest BCUT2D eigenvalue weighted by atomic mass is 9.76. The van der Waals surface area contributed by atoms with Gasteiger partial charge in [-0.15, -0.1) is 0 Å². The van der Waals surface area contributed by atoms with Crippen LogP contribution in [-0.2, 0) is 0 Å². The monoisotopic (exact) mass is 280 g/mol. The average molecular weight is 280 g/mol. The maximum absolute atomic E-state index is 3.76. The van der Waals surface area contributed by atoms with Gasteiger partial charge in [0.15, 0.2) is 0 Å². The standard InChI is InChI=1S/C18H36N2/c1-6-10-19-18-9-11-20(16(5)15(18)4)17-8-7-13(2)14(3)12-17/h13-19H,6-12H2,1-5H3. The third-order valence-corrected chi connectivity index (χ3v) is 6.31. The molecule has 2 rings (SSSR count). The Labute approximate surface area is 126 Å². The van der Waals surface area contributed by atoms with E-state index in [1.165, 1.54) is 45.2 Å². The molecule has 6 unspecified atom stereocenters. The summed E-state index contributed by atoms with van der Waals surface area (Å²) in [7, 11) is 0. The summed E-state index contributed by atoms with van der Waals surface area (Å²) in [6.45, 7) is 14.6. The highest BCUT2D eigenvalue weighted by Gasteiger charge is 2.37. The SMILES string of the molecule is CCCNC1CCN(C2CCC(C)C(C)C2)C(C)C1C. The third kappa shape index (κ3) is 3.57. The van der Waals surface area contributed by atoms with Crippen LogP contribution in [0.15, 0.2) is 0 Å². The molecule has 0 aromatic heterocycles. The van der Waals surface area contributed by atoms with E-state index in [-0.39, 0.29) is 0 Å². The van der Waals surface area contributed by atoms with Crippen LogP contribution in [0.1, 0.15) is 66.7 Å². The largest absolute Gasteiger partial charge is 0.314 e. The normalized spacial score (nSPS) is 43.6. The predicted molar refractivity (Wildman–Crippen MR) is 88.0 cm³/mol. The van der Waals surface area contributed by atoms with E-state index in [1.807, 2.05) is 0 Å². The Morgan fingerprint density at radius 3 is 2.40 bits per heavy atom. The van der Waals surface area contributed by atoms with Crippen molar-refractivity contribution in [2.24, 2.45) is 17.8 Å². The summed E-state index contributed by atoms with van der Waals surface area (Å²) in [5, 5.41) is 3.76. The second-order valence-corrected chi connectivity index (χ2v) is 7.61. The molecule has 2 heteroatoms. The summed E-state index contributed by atoms with van der Waals surface area (Å²) in [5.41, 5.74) is 0. The number of hydrogen-bond acceptors (Lipinski definition) is 2. The van der Waals surface area contributed by atoms with Crippen molar-refractivity contribution in [3.8, 4) is 0 Å². The Kier molecular flexibility index (Phi) is 5.92. The van der Waals surface area contributed by atoms with Gasteiger partial charge in [0.1, 0.15) is 0 Å². The zero-order valence-corrected chi connectivity index (χ0v) is 14.4. The van der Waals surface area contributed by atoms with Crippen molar-refractivity contribution in [1.82, 2.24) is 10.2 Å². The van der Waals surface area contributed by atoms with Gasteiger partial charge in [-0.25, -0.2) is 0 Å². The molecule has 0 bridgehead atoms. The fourth-order valence-corrected chi connectivity index (χ4v) is 4.35. The minimum absolute atomic E-state index is 0.737. The second-order valence-electron chi connectivity index (χ2n) is 7.61. The maximum Gasteiger partial charge on any atom is 0.0120 e. The lowest BCUT2D eigenvalue weighted by Crippen LogP contribution is -2.57. The molecule has 2 fully saturated rings. The second kappa shape index (κ2) is 7.26. The molecule has 0 radical (unpaired) electrons. The Morgan fingerprint density at radius 1 is 1.00 bits per heavy atom. The van der Waals surface area contributed by atoms with Crippen molar-refractivity contribution in [2.45, 2.75) is 84.8 Å². The molecule has 1 saturated heterocycles. The maximum atomic E-state index is 3.76. The van der Waals surface area contributed by atoms with Gasteiger partial charge < -0.3 is 5.32 Å². The Balaban J connectivity index is 1.91. The van der Waals surface area contributed by atoms with Gasteiger partial charge in [0.2, 0.25) is 0 Å². The van der Waals surface area contributed by atoms with Gasteiger partial charge in [0.25, 0.3) is 0 Å². The number of rotatable bonds is 4. The van der Waals surface area contributed by atoms with E-state index in [2.05, 4.69) is 44.8 Å². The first-order valence-electron chi connectivity index (χ1n) is 9.03. The van der Waals surface area contributed by atoms with Gasteiger partial charge in [-0.2, -0.15) is 0 Å². The third-order valence-electron chi connectivity index (χ3n) is 6.31. The molecular formula is C18H36N2. The van der Waals surface area contributed by atoms with Crippen LogP contribution in [-0.4, -0.2) is 36.1 Å². The van der Waals surface area contributed by atoms with E-state index in [0.717, 1.165) is 35.9 Å². The summed E-state index contributed by atoms with van der Waals surface area (Å²) >= 11 is 0. The lowest BCUT2D eigenvalue weighted by Gasteiger charge is -2.49. The molecule has 1 aliphatic carbocycles. The molecule has 0 spiro atoms. The Hall–Kier alpha value is -0.0800. The molecular weight excluding hydrogens is 244 g/mol. The fourth-order valence-electron chi connectivity index (χ4n) is 4.35. The van der Waals surface area contributed by atoms with Crippen molar-refractivity contribution in [3.05, 3.63) is 0 Å². The van der Waals surface area contributed by atoms with E-state index in [4.69, 9.17) is 0 Å². The molecule has 1 N–H and O–H groups in total. The van der Waals surface area contributed by atoms with Gasteiger partial charge in [-0.1, -0.05) is 27.7 Å². The molecule has 20 heavy (non-hydrogen) atoms. The van der Waals surface area contributed by atoms with Crippen molar-refractivity contribution < 1.29 is 0 Å². The molecule has 1 saturated carbocycles. The summed E-state index contributed by atoms with van der Waals surface area (Å²) in [6, 6.07) is 2.33. The van der Waals surface area contributed by atoms with E-state index in [1.54, 1.807) is 0 Å². The van der Waals surface area contributed by atoms with E-state index in [9.17, 15) is 0 Å². The number of likely N-dealkylation sites (tertiary alicyclic amines) is 1. The molecule has 1 aliphatic heterocycles. The number of nitrogens with zero attached hydrogens (tertiary/aromatic N) is 1. The highest BCUT2D eigenvalue weighted by Crippen LogP contribution is 2.36. The van der Waals surface area contributed by atoms with Crippen LogP contribution in [0.2, 0.25) is 0 Å². The molecule has 118 valence electrons. The van der Waals surface area contributed by atoms with Crippen molar-refractivity contribution in [2.75, 3.05) is 13.1 Å². The van der Waals surface area contributed by atoms with Crippen LogP contribution in [0.4, 0.5) is 0 Å². The molecule has 0 aromatic rings. The van der Waals surface area contributed by atoms with Crippen LogP contribution >= 0.6 is 0 Å². The number of nitrogens with one attached hydrogen (secondary N) is 1. The van der Waals surface area contributed by atoms with Gasteiger partial charge in [0, 0.05) is 24.7 Å². The summed E-state index contributed by atoms with van der Waals surface area (Å²) in [6.07, 6.45) is 6.87. The molecule has 1 heterocycles. The minimum Gasteiger partial charge on any atom is -0.314 e. The predicted octanol–water partition coefficient (Wildman–Crippen LogP) is 3.91. The Morgan fingerprint density at radius 2 is 1.75 bits per heavy atom. The molecule has 6 atom stereocenters. The zero-order valence-electron chi connectivity index (χ0n) is 14.4. The quantitative estimate of drug-likeness (QED) is 0.840. The smallest absolute Gasteiger partial charge is 0.0120 e. The fraction of sp³-hybridized carbons (Fsp3) is 1.00. The summed E-state index contributed by atoms with van der Waals surface area (Å²) in [5.74, 6) is 2.62. The lowest BCUT2D eigenvalue weighted by molar-refractivity contribution is 0.0155. The number of piperidine rings is 1. The van der Waals surface area contributed by atoms with Crippen molar-refractivity contribution in [3.63, 3.8) is 0 Å². The first-order chi connectivity index (χ1) is 9.54. The van der Waals surface area contributed by atoms with Gasteiger partial charge >= 0.3 is 0 Å². The highest BCUT2D eigenvalue weighted by atomic mass is 15.2. The van der Waals surface area contributed by atoms with Crippen LogP contribution < -0.4 is 5.32 Å². The first-order valence-corrected chi connectivity index (χ1v) is 9.03.